The van der Waals surface area contributed by atoms with Crippen molar-refractivity contribution < 1.29 is 4.74 Å². The number of aromatic nitrogens is 3. The minimum Gasteiger partial charge on any atom is -0.496 e. The zero-order valence-corrected chi connectivity index (χ0v) is 15.3. The Morgan fingerprint density at radius 1 is 1.17 bits per heavy atom. The molecule has 2 aromatic heterocycles. The van der Waals surface area contributed by atoms with E-state index in [2.05, 4.69) is 32.2 Å². The molecule has 0 bridgehead atoms. The third-order valence-electron chi connectivity index (χ3n) is 3.38. The molecule has 0 N–H and O–H groups in total. The number of thiophene rings is 1. The Bertz CT molecular complexity index is 903. The second-order valence-electron chi connectivity index (χ2n) is 4.76. The third kappa shape index (κ3) is 2.71. The average Bonchev–Trinajstić information content (AvgIpc) is 3.20. The van der Waals surface area contributed by atoms with E-state index in [1.165, 1.54) is 0 Å². The Hall–Kier alpha value is -1.64. The van der Waals surface area contributed by atoms with Crippen LogP contribution in [0.3, 0.4) is 0 Å². The van der Waals surface area contributed by atoms with Crippen LogP contribution in [0.25, 0.3) is 11.4 Å². The fourth-order valence-corrected chi connectivity index (χ4v) is 4.60. The van der Waals surface area contributed by atoms with Gasteiger partial charge in [0.05, 0.1) is 27.0 Å². The average molecular weight is 407 g/mol. The van der Waals surface area contributed by atoms with E-state index in [0.29, 0.717) is 5.82 Å². The maximum Gasteiger partial charge on any atom is 0.212 e. The van der Waals surface area contributed by atoms with Crippen molar-refractivity contribution in [3.05, 3.63) is 45.1 Å². The number of fused-ring (bicyclic) bond motifs is 1. The summed E-state index contributed by atoms with van der Waals surface area (Å²) in [7, 11) is 1.65. The molecular formula is C15H11BrN4OS2. The van der Waals surface area contributed by atoms with Crippen LogP contribution in [0.5, 0.6) is 5.75 Å². The van der Waals surface area contributed by atoms with Gasteiger partial charge in [-0.25, -0.2) is 0 Å². The van der Waals surface area contributed by atoms with Gasteiger partial charge in [0, 0.05) is 5.75 Å². The maximum absolute atomic E-state index is 5.43. The van der Waals surface area contributed by atoms with Gasteiger partial charge in [0.1, 0.15) is 5.75 Å². The molecule has 0 atom stereocenters. The SMILES string of the molecule is COc1ccccc1-c1nnc2n1N=C(c1ccc(Br)s1)CS2. The lowest BCUT2D eigenvalue weighted by Crippen LogP contribution is -2.12. The minimum atomic E-state index is 0.692. The van der Waals surface area contributed by atoms with Crippen LogP contribution in [0.4, 0.5) is 0 Å². The number of rotatable bonds is 3. The van der Waals surface area contributed by atoms with Gasteiger partial charge in [0.25, 0.3) is 0 Å². The summed E-state index contributed by atoms with van der Waals surface area (Å²) in [5.74, 6) is 2.24. The number of halogens is 1. The van der Waals surface area contributed by atoms with Crippen LogP contribution >= 0.6 is 39.0 Å². The maximum atomic E-state index is 5.43. The summed E-state index contributed by atoms with van der Waals surface area (Å²) in [5.41, 5.74) is 1.90. The molecule has 116 valence electrons. The number of nitrogens with zero attached hydrogens (tertiary/aromatic N) is 4. The molecule has 3 heterocycles. The fourth-order valence-electron chi connectivity index (χ4n) is 2.32. The zero-order valence-electron chi connectivity index (χ0n) is 12.1. The van der Waals surface area contributed by atoms with Crippen LogP contribution in [0.1, 0.15) is 4.88 Å². The summed E-state index contributed by atoms with van der Waals surface area (Å²) < 4.78 is 8.33. The second kappa shape index (κ2) is 6.10. The predicted molar refractivity (Wildman–Crippen MR) is 96.7 cm³/mol. The zero-order chi connectivity index (χ0) is 15.8. The molecule has 4 rings (SSSR count). The van der Waals surface area contributed by atoms with Crippen LogP contribution in [-0.4, -0.2) is 33.4 Å². The first kappa shape index (κ1) is 14.9. The predicted octanol–water partition coefficient (Wildman–Crippen LogP) is 4.14. The van der Waals surface area contributed by atoms with Crippen LogP contribution in [-0.2, 0) is 0 Å². The van der Waals surface area contributed by atoms with Crippen molar-refractivity contribution in [2.75, 3.05) is 12.9 Å². The first-order valence-electron chi connectivity index (χ1n) is 6.81. The van der Waals surface area contributed by atoms with E-state index in [1.54, 1.807) is 34.9 Å². The van der Waals surface area contributed by atoms with E-state index in [4.69, 9.17) is 9.84 Å². The van der Waals surface area contributed by atoms with Gasteiger partial charge in [-0.1, -0.05) is 23.9 Å². The van der Waals surface area contributed by atoms with Gasteiger partial charge in [0.2, 0.25) is 5.16 Å². The van der Waals surface area contributed by atoms with E-state index in [9.17, 15) is 0 Å². The molecule has 0 unspecified atom stereocenters. The van der Waals surface area contributed by atoms with Gasteiger partial charge in [-0.15, -0.1) is 21.5 Å². The van der Waals surface area contributed by atoms with Crippen LogP contribution in [0.2, 0.25) is 0 Å². The van der Waals surface area contributed by atoms with Gasteiger partial charge in [0.15, 0.2) is 5.82 Å². The van der Waals surface area contributed by atoms with Crippen molar-refractivity contribution in [1.29, 1.82) is 0 Å². The van der Waals surface area contributed by atoms with Crippen LogP contribution in [0, 0.1) is 0 Å². The fraction of sp³-hybridized carbons (Fsp3) is 0.133. The molecule has 0 saturated carbocycles. The van der Waals surface area contributed by atoms with Gasteiger partial charge >= 0.3 is 0 Å². The monoisotopic (exact) mass is 406 g/mol. The first-order valence-corrected chi connectivity index (χ1v) is 9.41. The lowest BCUT2D eigenvalue weighted by atomic mass is 10.2. The van der Waals surface area contributed by atoms with Crippen LogP contribution in [0.15, 0.2) is 50.4 Å². The molecule has 1 aliphatic heterocycles. The summed E-state index contributed by atoms with van der Waals surface area (Å²) >= 11 is 6.82. The molecule has 23 heavy (non-hydrogen) atoms. The largest absolute Gasteiger partial charge is 0.496 e. The van der Waals surface area contributed by atoms with Gasteiger partial charge in [-0.2, -0.15) is 9.78 Å². The summed E-state index contributed by atoms with van der Waals surface area (Å²) in [5, 5.41) is 14.1. The Morgan fingerprint density at radius 2 is 2.04 bits per heavy atom. The molecule has 1 aromatic carbocycles. The highest BCUT2D eigenvalue weighted by atomic mass is 79.9. The minimum absolute atomic E-state index is 0.692. The lowest BCUT2D eigenvalue weighted by molar-refractivity contribution is 0.416. The van der Waals surface area contributed by atoms with Crippen molar-refractivity contribution in [2.24, 2.45) is 5.10 Å². The summed E-state index contributed by atoms with van der Waals surface area (Å²) in [6.07, 6.45) is 0. The Balaban J connectivity index is 1.83. The van der Waals surface area contributed by atoms with E-state index >= 15 is 0 Å². The van der Waals surface area contributed by atoms with Crippen molar-refractivity contribution in [3.8, 4) is 17.1 Å². The normalized spacial score (nSPS) is 13.6. The van der Waals surface area contributed by atoms with E-state index in [1.807, 2.05) is 30.3 Å². The molecule has 0 fully saturated rings. The van der Waals surface area contributed by atoms with E-state index < -0.39 is 0 Å². The molecule has 5 nitrogen and oxygen atoms in total. The molecule has 0 radical (unpaired) electrons. The number of benzene rings is 1. The molecule has 0 spiro atoms. The molecule has 3 aromatic rings. The second-order valence-corrected chi connectivity index (χ2v) is 8.16. The number of para-hydroxylation sites is 1. The summed E-state index contributed by atoms with van der Waals surface area (Å²) in [6, 6.07) is 11.9. The van der Waals surface area contributed by atoms with Crippen molar-refractivity contribution in [3.63, 3.8) is 0 Å². The topological polar surface area (TPSA) is 52.3 Å². The smallest absolute Gasteiger partial charge is 0.212 e. The summed E-state index contributed by atoms with van der Waals surface area (Å²) in [6.45, 7) is 0. The highest BCUT2D eigenvalue weighted by Crippen LogP contribution is 2.34. The Morgan fingerprint density at radius 3 is 2.83 bits per heavy atom. The number of hydrogen-bond acceptors (Lipinski definition) is 6. The number of thioether (sulfide) groups is 1. The standard InChI is InChI=1S/C15H11BrN4OS2/c1-21-11-5-3-2-4-9(11)14-17-18-15-20(14)19-10(8-22-15)12-6-7-13(16)23-12/h2-7H,8H2,1H3. The highest BCUT2D eigenvalue weighted by molar-refractivity contribution is 9.11. The summed E-state index contributed by atoms with van der Waals surface area (Å²) in [4.78, 5) is 1.15. The number of hydrogen-bond donors (Lipinski definition) is 0. The molecule has 0 saturated heterocycles. The number of methoxy groups -OCH3 is 1. The number of ether oxygens (including phenoxy) is 1. The van der Waals surface area contributed by atoms with Crippen molar-refractivity contribution in [2.45, 2.75) is 5.16 Å². The third-order valence-corrected chi connectivity index (χ3v) is 5.98. The van der Waals surface area contributed by atoms with Crippen LogP contribution < -0.4 is 4.74 Å². The van der Waals surface area contributed by atoms with E-state index in [-0.39, 0.29) is 0 Å². The molecule has 8 heteroatoms. The van der Waals surface area contributed by atoms with Gasteiger partial charge < -0.3 is 4.74 Å². The molecule has 0 aliphatic carbocycles. The van der Waals surface area contributed by atoms with Crippen molar-refractivity contribution >= 4 is 44.7 Å². The van der Waals surface area contributed by atoms with Crippen molar-refractivity contribution in [1.82, 2.24) is 14.9 Å². The van der Waals surface area contributed by atoms with Gasteiger partial charge in [-0.3, -0.25) is 0 Å². The Kier molecular flexibility index (Phi) is 3.96. The molecule has 1 aliphatic rings. The first-order chi connectivity index (χ1) is 11.3. The van der Waals surface area contributed by atoms with E-state index in [0.717, 1.165) is 36.6 Å². The quantitative estimate of drug-likeness (QED) is 0.655. The lowest BCUT2D eigenvalue weighted by Gasteiger charge is -2.13. The Labute approximate surface area is 149 Å². The van der Waals surface area contributed by atoms with Gasteiger partial charge in [-0.05, 0) is 40.2 Å². The molecule has 0 amide bonds. The molecular weight excluding hydrogens is 396 g/mol. The highest BCUT2D eigenvalue weighted by Gasteiger charge is 2.22.